The van der Waals surface area contributed by atoms with Crippen molar-refractivity contribution in [3.8, 4) is 0 Å². The monoisotopic (exact) mass is 274 g/mol. The van der Waals surface area contributed by atoms with E-state index < -0.39 is 5.97 Å². The van der Waals surface area contributed by atoms with E-state index in [1.165, 1.54) is 18.2 Å². The summed E-state index contributed by atoms with van der Waals surface area (Å²) in [6.07, 6.45) is 4.01. The Labute approximate surface area is 120 Å². The van der Waals surface area contributed by atoms with Gasteiger partial charge in [0, 0.05) is 30.9 Å². The van der Waals surface area contributed by atoms with E-state index in [0.29, 0.717) is 6.04 Å². The second kappa shape index (κ2) is 6.09. The van der Waals surface area contributed by atoms with Gasteiger partial charge in [-0.3, -0.25) is 0 Å². The third-order valence-corrected chi connectivity index (χ3v) is 3.92. The maximum atomic E-state index is 10.6. The first-order valence-corrected chi connectivity index (χ1v) is 6.90. The molecule has 1 aliphatic heterocycles. The number of anilines is 1. The summed E-state index contributed by atoms with van der Waals surface area (Å²) in [6, 6.07) is 6.82. The first kappa shape index (κ1) is 14.6. The number of carboxylic acids is 1. The van der Waals surface area contributed by atoms with Crippen LogP contribution in [0.2, 0.25) is 0 Å². The van der Waals surface area contributed by atoms with Gasteiger partial charge in [-0.25, -0.2) is 4.79 Å². The molecular weight excluding hydrogens is 252 g/mol. The molecule has 0 spiro atoms. The molecule has 0 aliphatic carbocycles. The molecule has 0 bridgehead atoms. The molecule has 20 heavy (non-hydrogen) atoms. The number of aliphatic carboxylic acids is 1. The zero-order valence-electron chi connectivity index (χ0n) is 12.3. The lowest BCUT2D eigenvalue weighted by Gasteiger charge is -2.22. The summed E-state index contributed by atoms with van der Waals surface area (Å²) in [5.41, 5.74) is 3.28. The Hall–Kier alpha value is -1.81. The minimum absolute atomic E-state index is 0.613. The Morgan fingerprint density at radius 3 is 2.75 bits per heavy atom. The summed E-state index contributed by atoms with van der Waals surface area (Å²) >= 11 is 0. The van der Waals surface area contributed by atoms with E-state index in [2.05, 4.69) is 36.0 Å². The molecule has 4 nitrogen and oxygen atoms in total. The molecule has 1 aromatic rings. The fourth-order valence-corrected chi connectivity index (χ4v) is 2.60. The Balaban J connectivity index is 2.12. The van der Waals surface area contributed by atoms with Crippen molar-refractivity contribution < 1.29 is 9.90 Å². The Bertz CT molecular complexity index is 523. The van der Waals surface area contributed by atoms with Gasteiger partial charge in [0.25, 0.3) is 0 Å². The normalized spacial score (nSPS) is 19.2. The van der Waals surface area contributed by atoms with Crippen molar-refractivity contribution in [3.63, 3.8) is 0 Å². The van der Waals surface area contributed by atoms with Crippen LogP contribution in [0, 0.1) is 6.92 Å². The number of likely N-dealkylation sites (N-methyl/N-ethyl adjacent to an activating group) is 1. The predicted molar refractivity (Wildman–Crippen MR) is 82.2 cm³/mol. The number of hydrogen-bond acceptors (Lipinski definition) is 3. The first-order valence-electron chi connectivity index (χ1n) is 6.90. The predicted octanol–water partition coefficient (Wildman–Crippen LogP) is 2.23. The third kappa shape index (κ3) is 3.39. The second-order valence-electron chi connectivity index (χ2n) is 5.56. The molecule has 108 valence electrons. The van der Waals surface area contributed by atoms with E-state index in [4.69, 9.17) is 5.11 Å². The minimum Gasteiger partial charge on any atom is -0.478 e. The lowest BCUT2D eigenvalue weighted by molar-refractivity contribution is -0.131. The van der Waals surface area contributed by atoms with Gasteiger partial charge in [-0.15, -0.1) is 0 Å². The molecule has 1 unspecified atom stereocenters. The van der Waals surface area contributed by atoms with Crippen LogP contribution in [0.15, 0.2) is 24.3 Å². The van der Waals surface area contributed by atoms with Crippen LogP contribution in [-0.2, 0) is 4.79 Å². The number of hydrogen-bond donors (Lipinski definition) is 1. The Morgan fingerprint density at radius 1 is 1.45 bits per heavy atom. The van der Waals surface area contributed by atoms with E-state index in [1.807, 2.05) is 13.0 Å². The maximum Gasteiger partial charge on any atom is 0.328 e. The van der Waals surface area contributed by atoms with Gasteiger partial charge in [0.2, 0.25) is 0 Å². The topological polar surface area (TPSA) is 43.8 Å². The highest BCUT2D eigenvalue weighted by Crippen LogP contribution is 2.25. The van der Waals surface area contributed by atoms with E-state index >= 15 is 0 Å². The van der Waals surface area contributed by atoms with Gasteiger partial charge < -0.3 is 14.9 Å². The van der Waals surface area contributed by atoms with Gasteiger partial charge in [-0.2, -0.15) is 0 Å². The van der Waals surface area contributed by atoms with Crippen LogP contribution in [0.3, 0.4) is 0 Å². The molecule has 2 rings (SSSR count). The van der Waals surface area contributed by atoms with E-state index in [0.717, 1.165) is 24.2 Å². The summed E-state index contributed by atoms with van der Waals surface area (Å²) in [4.78, 5) is 15.2. The highest BCUT2D eigenvalue weighted by Gasteiger charge is 2.24. The van der Waals surface area contributed by atoms with Crippen molar-refractivity contribution in [2.45, 2.75) is 19.4 Å². The number of benzene rings is 1. The lowest BCUT2D eigenvalue weighted by atomic mass is 10.1. The van der Waals surface area contributed by atoms with Crippen LogP contribution in [0.25, 0.3) is 6.08 Å². The van der Waals surface area contributed by atoms with Gasteiger partial charge >= 0.3 is 5.97 Å². The molecule has 0 saturated carbocycles. The number of carbonyl (C=O) groups is 1. The number of nitrogens with zero attached hydrogens (tertiary/aromatic N) is 2. The molecular formula is C16H22N2O2. The molecule has 1 aromatic carbocycles. The van der Waals surface area contributed by atoms with Gasteiger partial charge in [0.15, 0.2) is 0 Å². The molecule has 0 radical (unpaired) electrons. The number of carboxylic acid groups (broad SMARTS) is 1. The van der Waals surface area contributed by atoms with Crippen molar-refractivity contribution in [2.24, 2.45) is 0 Å². The molecule has 1 atom stereocenters. The minimum atomic E-state index is -0.915. The highest BCUT2D eigenvalue weighted by atomic mass is 16.4. The van der Waals surface area contributed by atoms with E-state index in [9.17, 15) is 4.79 Å². The van der Waals surface area contributed by atoms with Gasteiger partial charge in [-0.1, -0.05) is 6.07 Å². The van der Waals surface area contributed by atoms with Crippen LogP contribution in [0.1, 0.15) is 17.5 Å². The molecule has 1 heterocycles. The molecule has 0 aromatic heterocycles. The fraction of sp³-hybridized carbons (Fsp3) is 0.438. The van der Waals surface area contributed by atoms with E-state index in [1.54, 1.807) is 6.08 Å². The molecule has 1 saturated heterocycles. The van der Waals surface area contributed by atoms with Crippen molar-refractivity contribution >= 4 is 17.7 Å². The maximum absolute atomic E-state index is 10.6. The van der Waals surface area contributed by atoms with Crippen LogP contribution in [0.5, 0.6) is 0 Å². The number of rotatable bonds is 4. The largest absolute Gasteiger partial charge is 0.478 e. The Morgan fingerprint density at radius 2 is 2.20 bits per heavy atom. The SMILES string of the molecule is Cc1cc(N2CCC(N(C)C)C2)ccc1C=CC(=O)O. The fourth-order valence-electron chi connectivity index (χ4n) is 2.60. The lowest BCUT2D eigenvalue weighted by Crippen LogP contribution is -2.31. The van der Waals surface area contributed by atoms with Crippen LogP contribution in [0.4, 0.5) is 5.69 Å². The molecule has 1 N–H and O–H groups in total. The summed E-state index contributed by atoms with van der Waals surface area (Å²) < 4.78 is 0. The molecule has 0 amide bonds. The first-order chi connectivity index (χ1) is 9.47. The van der Waals surface area contributed by atoms with Gasteiger partial charge in [0.05, 0.1) is 0 Å². The molecule has 1 aliphatic rings. The van der Waals surface area contributed by atoms with E-state index in [-0.39, 0.29) is 0 Å². The van der Waals surface area contributed by atoms with Crippen molar-refractivity contribution in [3.05, 3.63) is 35.4 Å². The summed E-state index contributed by atoms with van der Waals surface area (Å²) in [6.45, 7) is 4.15. The summed E-state index contributed by atoms with van der Waals surface area (Å²) in [7, 11) is 4.25. The van der Waals surface area contributed by atoms with Crippen molar-refractivity contribution in [1.82, 2.24) is 4.90 Å². The van der Waals surface area contributed by atoms with Crippen molar-refractivity contribution in [1.29, 1.82) is 0 Å². The average molecular weight is 274 g/mol. The van der Waals surface area contributed by atoms with Crippen LogP contribution in [-0.4, -0.2) is 49.2 Å². The smallest absolute Gasteiger partial charge is 0.328 e. The molecule has 4 heteroatoms. The quantitative estimate of drug-likeness (QED) is 0.855. The summed E-state index contributed by atoms with van der Waals surface area (Å²) in [5.74, 6) is -0.915. The standard InChI is InChI=1S/C16H22N2O2/c1-12-10-14(6-4-13(12)5-7-16(19)20)18-9-8-15(11-18)17(2)3/h4-7,10,15H,8-9,11H2,1-3H3,(H,19,20). The summed E-state index contributed by atoms with van der Waals surface area (Å²) in [5, 5.41) is 8.67. The molecule has 1 fully saturated rings. The van der Waals surface area contributed by atoms with Gasteiger partial charge in [0.1, 0.15) is 0 Å². The average Bonchev–Trinajstić information content (AvgIpc) is 2.86. The van der Waals surface area contributed by atoms with Crippen LogP contribution < -0.4 is 4.90 Å². The van der Waals surface area contributed by atoms with Crippen molar-refractivity contribution in [2.75, 3.05) is 32.1 Å². The third-order valence-electron chi connectivity index (χ3n) is 3.92. The Kier molecular flexibility index (Phi) is 4.45. The second-order valence-corrected chi connectivity index (χ2v) is 5.56. The zero-order chi connectivity index (χ0) is 14.7. The van der Waals surface area contributed by atoms with Gasteiger partial charge in [-0.05, 0) is 56.8 Å². The highest BCUT2D eigenvalue weighted by molar-refractivity contribution is 5.85. The zero-order valence-corrected chi connectivity index (χ0v) is 12.3. The number of aryl methyl sites for hydroxylation is 1. The van der Waals surface area contributed by atoms with Crippen LogP contribution >= 0.6 is 0 Å².